The molecule has 0 aromatic heterocycles. The highest BCUT2D eigenvalue weighted by Crippen LogP contribution is 2.26. The molecule has 1 N–H and O–H groups in total. The minimum atomic E-state index is -3.53. The average molecular weight is 501 g/mol. The van der Waals surface area contributed by atoms with Gasteiger partial charge in [-0.25, -0.2) is 8.42 Å². The van der Waals surface area contributed by atoms with Crippen LogP contribution >= 0.6 is 11.6 Å². The van der Waals surface area contributed by atoms with Gasteiger partial charge in [-0.1, -0.05) is 55.8 Å². The van der Waals surface area contributed by atoms with Crippen LogP contribution in [0.15, 0.2) is 72.8 Å². The Balaban J connectivity index is 1.60. The number of para-hydroxylation sites is 1. The number of benzene rings is 3. The fraction of sp³-hybridized carbons (Fsp3) is 0.269. The second-order valence-electron chi connectivity index (χ2n) is 8.24. The maximum absolute atomic E-state index is 12.5. The van der Waals surface area contributed by atoms with Gasteiger partial charge in [-0.05, 0) is 59.5 Å². The summed E-state index contributed by atoms with van der Waals surface area (Å²) in [5, 5.41) is 3.42. The number of hydrogen-bond acceptors (Lipinski definition) is 4. The van der Waals surface area contributed by atoms with Crippen LogP contribution in [0.2, 0.25) is 5.02 Å². The molecule has 0 radical (unpaired) electrons. The predicted molar refractivity (Wildman–Crippen MR) is 137 cm³/mol. The van der Waals surface area contributed by atoms with Crippen molar-refractivity contribution in [1.29, 1.82) is 0 Å². The first-order valence-corrected chi connectivity index (χ1v) is 13.2. The fourth-order valence-electron chi connectivity index (χ4n) is 3.45. The van der Waals surface area contributed by atoms with Crippen molar-refractivity contribution in [2.75, 3.05) is 23.7 Å². The molecule has 6 nitrogen and oxygen atoms in total. The van der Waals surface area contributed by atoms with Gasteiger partial charge in [0, 0.05) is 10.6 Å². The lowest BCUT2D eigenvalue weighted by Gasteiger charge is -2.23. The summed E-state index contributed by atoms with van der Waals surface area (Å²) in [7, 11) is -3.53. The molecule has 3 aromatic carbocycles. The first-order valence-electron chi connectivity index (χ1n) is 11.0. The van der Waals surface area contributed by atoms with Crippen LogP contribution in [0.5, 0.6) is 5.75 Å². The Morgan fingerprint density at radius 3 is 2.26 bits per heavy atom. The zero-order valence-corrected chi connectivity index (χ0v) is 21.1. The summed E-state index contributed by atoms with van der Waals surface area (Å²) in [6.45, 7) is 5.06. The molecule has 0 saturated carbocycles. The first kappa shape index (κ1) is 25.6. The van der Waals surface area contributed by atoms with Crippen molar-refractivity contribution in [2.24, 2.45) is 0 Å². The fourth-order valence-corrected chi connectivity index (χ4v) is 4.47. The average Bonchev–Trinajstić information content (AvgIpc) is 2.81. The summed E-state index contributed by atoms with van der Waals surface area (Å²) in [6.07, 6.45) is 1.15. The summed E-state index contributed by atoms with van der Waals surface area (Å²) in [6, 6.07) is 21.3. The second-order valence-corrected chi connectivity index (χ2v) is 10.6. The Morgan fingerprint density at radius 2 is 1.65 bits per heavy atom. The highest BCUT2D eigenvalue weighted by atomic mass is 35.5. The molecular formula is C26H29ClN2O4S. The number of amides is 1. The molecule has 0 spiro atoms. The van der Waals surface area contributed by atoms with E-state index in [1.54, 1.807) is 48.5 Å². The Hall–Kier alpha value is -3.03. The highest BCUT2D eigenvalue weighted by molar-refractivity contribution is 7.92. The zero-order chi connectivity index (χ0) is 24.7. The Labute approximate surface area is 206 Å². The molecule has 0 aliphatic rings. The van der Waals surface area contributed by atoms with Crippen molar-refractivity contribution in [1.82, 2.24) is 5.32 Å². The van der Waals surface area contributed by atoms with Crippen molar-refractivity contribution in [3.05, 3.63) is 94.5 Å². The molecule has 0 fully saturated rings. The van der Waals surface area contributed by atoms with Crippen LogP contribution < -0.4 is 14.4 Å². The predicted octanol–water partition coefficient (Wildman–Crippen LogP) is 5.24. The van der Waals surface area contributed by atoms with Crippen LogP contribution in [0, 0.1) is 0 Å². The van der Waals surface area contributed by atoms with Crippen LogP contribution in [-0.4, -0.2) is 33.7 Å². The lowest BCUT2D eigenvalue weighted by molar-refractivity contribution is 0.0947. The third-order valence-electron chi connectivity index (χ3n) is 5.24. The number of carbonyl (C=O) groups excluding carboxylic acids is 1. The van der Waals surface area contributed by atoms with E-state index in [1.807, 2.05) is 24.3 Å². The van der Waals surface area contributed by atoms with Gasteiger partial charge in [0.1, 0.15) is 12.4 Å². The molecule has 0 bridgehead atoms. The summed E-state index contributed by atoms with van der Waals surface area (Å²) in [5.41, 5.74) is 2.84. The van der Waals surface area contributed by atoms with Crippen molar-refractivity contribution in [3.8, 4) is 5.75 Å². The molecule has 0 aliphatic heterocycles. The van der Waals surface area contributed by atoms with Crippen LogP contribution in [-0.2, 0) is 16.6 Å². The normalized spacial score (nSPS) is 11.3. The highest BCUT2D eigenvalue weighted by Gasteiger charge is 2.18. The molecule has 8 heteroatoms. The number of hydrogen-bond donors (Lipinski definition) is 1. The molecule has 180 valence electrons. The van der Waals surface area contributed by atoms with E-state index in [9.17, 15) is 13.2 Å². The largest absolute Gasteiger partial charge is 0.491 e. The number of nitrogens with one attached hydrogen (secondary N) is 1. The van der Waals surface area contributed by atoms with Gasteiger partial charge < -0.3 is 10.1 Å². The second kappa shape index (κ2) is 11.4. The third-order valence-corrected chi connectivity index (χ3v) is 6.64. The quantitative estimate of drug-likeness (QED) is 0.386. The van der Waals surface area contributed by atoms with Gasteiger partial charge in [0.2, 0.25) is 10.0 Å². The lowest BCUT2D eigenvalue weighted by atomic mass is 10.0. The maximum atomic E-state index is 12.5. The number of anilines is 1. The van der Waals surface area contributed by atoms with Crippen LogP contribution in [0.1, 0.15) is 41.3 Å². The van der Waals surface area contributed by atoms with Gasteiger partial charge in [-0.15, -0.1) is 0 Å². The van der Waals surface area contributed by atoms with E-state index in [-0.39, 0.29) is 12.5 Å². The zero-order valence-electron chi connectivity index (χ0n) is 19.5. The Kier molecular flexibility index (Phi) is 8.58. The number of carbonyl (C=O) groups is 1. The number of rotatable bonds is 10. The lowest BCUT2D eigenvalue weighted by Crippen LogP contribution is -2.30. The van der Waals surface area contributed by atoms with Gasteiger partial charge in [0.05, 0.1) is 25.0 Å². The number of ether oxygens (including phenoxy) is 1. The van der Waals surface area contributed by atoms with E-state index < -0.39 is 10.0 Å². The van der Waals surface area contributed by atoms with E-state index >= 15 is 0 Å². The van der Waals surface area contributed by atoms with Crippen LogP contribution in [0.25, 0.3) is 0 Å². The van der Waals surface area contributed by atoms with Crippen molar-refractivity contribution >= 4 is 33.2 Å². The van der Waals surface area contributed by atoms with Gasteiger partial charge in [0.25, 0.3) is 5.91 Å². The summed E-state index contributed by atoms with van der Waals surface area (Å²) < 4.78 is 31.9. The molecule has 0 saturated heterocycles. The van der Waals surface area contributed by atoms with Gasteiger partial charge in [-0.2, -0.15) is 0 Å². The molecule has 34 heavy (non-hydrogen) atoms. The van der Waals surface area contributed by atoms with Crippen molar-refractivity contribution < 1.29 is 17.9 Å². The van der Waals surface area contributed by atoms with E-state index in [0.717, 1.165) is 23.1 Å². The van der Waals surface area contributed by atoms with Gasteiger partial charge in [-0.3, -0.25) is 9.10 Å². The minimum absolute atomic E-state index is 0.163. The van der Waals surface area contributed by atoms with Crippen LogP contribution in [0.4, 0.5) is 5.69 Å². The SMILES string of the molecule is CC(C)c1ccccc1OCCNC(=O)c1ccc(N(Cc2ccc(Cl)cc2)S(C)(=O)=O)cc1. The molecular weight excluding hydrogens is 472 g/mol. The van der Waals surface area contributed by atoms with Crippen molar-refractivity contribution in [2.45, 2.75) is 26.3 Å². The Morgan fingerprint density at radius 1 is 1.00 bits per heavy atom. The van der Waals surface area contributed by atoms with E-state index in [1.165, 1.54) is 4.31 Å². The third kappa shape index (κ3) is 6.98. The smallest absolute Gasteiger partial charge is 0.251 e. The molecule has 0 atom stereocenters. The number of halogens is 1. The summed E-state index contributed by atoms with van der Waals surface area (Å²) in [5.74, 6) is 0.907. The molecule has 0 aliphatic carbocycles. The van der Waals surface area contributed by atoms with E-state index in [4.69, 9.17) is 16.3 Å². The topological polar surface area (TPSA) is 75.7 Å². The molecule has 3 aromatic rings. The van der Waals surface area contributed by atoms with Gasteiger partial charge >= 0.3 is 0 Å². The Bertz CT molecular complexity index is 1210. The molecule has 0 heterocycles. The first-order chi connectivity index (χ1) is 16.1. The monoisotopic (exact) mass is 500 g/mol. The number of nitrogens with zero attached hydrogens (tertiary/aromatic N) is 1. The maximum Gasteiger partial charge on any atom is 0.251 e. The molecule has 3 rings (SSSR count). The van der Waals surface area contributed by atoms with Crippen LogP contribution in [0.3, 0.4) is 0 Å². The molecule has 0 unspecified atom stereocenters. The standard InChI is InChI=1S/C26H29ClN2O4S/c1-19(2)24-6-4-5-7-25(24)33-17-16-28-26(30)21-10-14-23(15-11-21)29(34(3,31)32)18-20-8-12-22(27)13-9-20/h4-15,19H,16-18H2,1-3H3,(H,28,30). The van der Waals surface area contributed by atoms with Gasteiger partial charge in [0.15, 0.2) is 0 Å². The van der Waals surface area contributed by atoms with E-state index in [0.29, 0.717) is 35.3 Å². The van der Waals surface area contributed by atoms with E-state index in [2.05, 4.69) is 19.2 Å². The molecule has 1 amide bonds. The summed E-state index contributed by atoms with van der Waals surface area (Å²) in [4.78, 5) is 12.5. The minimum Gasteiger partial charge on any atom is -0.491 e. The summed E-state index contributed by atoms with van der Waals surface area (Å²) >= 11 is 5.92. The number of sulfonamides is 1. The van der Waals surface area contributed by atoms with Crippen molar-refractivity contribution in [3.63, 3.8) is 0 Å².